The van der Waals surface area contributed by atoms with E-state index in [1.165, 1.54) is 12.1 Å². The van der Waals surface area contributed by atoms with Gasteiger partial charge in [-0.2, -0.15) is 4.72 Å². The molecule has 0 spiro atoms. The maximum Gasteiger partial charge on any atom is 0.318 e. The number of carbonyl (C=O) groups excluding carboxylic acids is 1. The van der Waals surface area contributed by atoms with Gasteiger partial charge in [0.1, 0.15) is 0 Å². The van der Waals surface area contributed by atoms with E-state index in [-0.39, 0.29) is 17.6 Å². The van der Waals surface area contributed by atoms with E-state index in [2.05, 4.69) is 10.0 Å². The van der Waals surface area contributed by atoms with E-state index in [0.717, 1.165) is 12.8 Å². The van der Waals surface area contributed by atoms with Crippen LogP contribution in [0.15, 0.2) is 35.2 Å². The normalized spacial score (nSPS) is 11.1. The van der Waals surface area contributed by atoms with Crippen molar-refractivity contribution in [3.63, 3.8) is 0 Å². The summed E-state index contributed by atoms with van der Waals surface area (Å²) < 4.78 is 26.3. The molecule has 1 rings (SSSR count). The molecule has 0 saturated carbocycles. The maximum atomic E-state index is 12.0. The first-order chi connectivity index (χ1) is 10.0. The van der Waals surface area contributed by atoms with E-state index in [1.807, 2.05) is 13.8 Å². The van der Waals surface area contributed by atoms with Crippen LogP contribution in [0.2, 0.25) is 0 Å². The van der Waals surface area contributed by atoms with Crippen LogP contribution in [0.3, 0.4) is 0 Å². The lowest BCUT2D eigenvalue weighted by Gasteiger charge is -2.21. The standard InChI is InChI=1S/C14H23N3O3S/c1-3-10-17(11-4-2)14(18)15-12-16-21(19,20)13-8-6-5-7-9-13/h5-9,16H,3-4,10-12H2,1-2H3,(H,15,18). The minimum absolute atomic E-state index is 0.125. The second-order valence-electron chi connectivity index (χ2n) is 4.61. The molecule has 2 amide bonds. The third kappa shape index (κ3) is 5.73. The average molecular weight is 313 g/mol. The molecular weight excluding hydrogens is 290 g/mol. The van der Waals surface area contributed by atoms with Gasteiger partial charge in [0.25, 0.3) is 0 Å². The Labute approximate surface area is 126 Å². The molecule has 0 fully saturated rings. The van der Waals surface area contributed by atoms with Gasteiger partial charge in [-0.25, -0.2) is 13.2 Å². The van der Waals surface area contributed by atoms with Gasteiger partial charge >= 0.3 is 6.03 Å². The van der Waals surface area contributed by atoms with Gasteiger partial charge in [0, 0.05) is 13.1 Å². The molecule has 6 nitrogen and oxygen atoms in total. The van der Waals surface area contributed by atoms with Crippen LogP contribution in [0.5, 0.6) is 0 Å². The molecule has 0 unspecified atom stereocenters. The molecule has 118 valence electrons. The fourth-order valence-corrected chi connectivity index (χ4v) is 2.80. The van der Waals surface area contributed by atoms with Gasteiger partial charge in [-0.15, -0.1) is 0 Å². The van der Waals surface area contributed by atoms with Crippen LogP contribution >= 0.6 is 0 Å². The lowest BCUT2D eigenvalue weighted by atomic mass is 10.4. The number of benzene rings is 1. The maximum absolute atomic E-state index is 12.0. The number of rotatable bonds is 8. The topological polar surface area (TPSA) is 78.5 Å². The Balaban J connectivity index is 2.50. The first-order valence-electron chi connectivity index (χ1n) is 7.08. The summed E-state index contributed by atoms with van der Waals surface area (Å²) in [7, 11) is -3.59. The Kier molecular flexibility index (Phi) is 7.18. The van der Waals surface area contributed by atoms with Crippen LogP contribution in [0.1, 0.15) is 26.7 Å². The highest BCUT2D eigenvalue weighted by Crippen LogP contribution is 2.06. The molecule has 21 heavy (non-hydrogen) atoms. The van der Waals surface area contributed by atoms with Crippen LogP contribution < -0.4 is 10.0 Å². The summed E-state index contributed by atoms with van der Waals surface area (Å²) in [6, 6.07) is 7.80. The lowest BCUT2D eigenvalue weighted by molar-refractivity contribution is 0.197. The third-order valence-corrected chi connectivity index (χ3v) is 4.25. The minimum Gasteiger partial charge on any atom is -0.325 e. The van der Waals surface area contributed by atoms with Crippen molar-refractivity contribution in [1.29, 1.82) is 0 Å². The molecule has 7 heteroatoms. The molecule has 0 bridgehead atoms. The number of urea groups is 1. The Morgan fingerprint density at radius 1 is 1.10 bits per heavy atom. The first-order valence-corrected chi connectivity index (χ1v) is 8.57. The number of sulfonamides is 1. The summed E-state index contributed by atoms with van der Waals surface area (Å²) in [4.78, 5) is 13.8. The molecule has 1 aromatic carbocycles. The van der Waals surface area contributed by atoms with Crippen molar-refractivity contribution >= 4 is 16.1 Å². The van der Waals surface area contributed by atoms with E-state index in [0.29, 0.717) is 13.1 Å². The summed E-state index contributed by atoms with van der Waals surface area (Å²) in [6.45, 7) is 5.18. The smallest absolute Gasteiger partial charge is 0.318 e. The van der Waals surface area contributed by atoms with E-state index >= 15 is 0 Å². The van der Waals surface area contributed by atoms with Crippen LogP contribution in [0, 0.1) is 0 Å². The molecule has 0 aliphatic rings. The second kappa shape index (κ2) is 8.63. The van der Waals surface area contributed by atoms with Gasteiger partial charge in [-0.3, -0.25) is 0 Å². The first kappa shape index (κ1) is 17.5. The largest absolute Gasteiger partial charge is 0.325 e. The van der Waals surface area contributed by atoms with Crippen molar-refractivity contribution in [2.45, 2.75) is 31.6 Å². The van der Waals surface area contributed by atoms with E-state index in [1.54, 1.807) is 23.1 Å². The van der Waals surface area contributed by atoms with Crippen molar-refractivity contribution in [1.82, 2.24) is 14.9 Å². The zero-order valence-corrected chi connectivity index (χ0v) is 13.3. The zero-order valence-electron chi connectivity index (χ0n) is 12.5. The molecule has 0 saturated heterocycles. The molecule has 0 heterocycles. The van der Waals surface area contributed by atoms with Gasteiger partial charge in [0.2, 0.25) is 10.0 Å². The van der Waals surface area contributed by atoms with Crippen LogP contribution in [0.25, 0.3) is 0 Å². The molecule has 0 aromatic heterocycles. The van der Waals surface area contributed by atoms with Gasteiger partial charge in [0.15, 0.2) is 0 Å². The predicted molar refractivity (Wildman–Crippen MR) is 82.3 cm³/mol. The summed E-state index contributed by atoms with van der Waals surface area (Å²) in [5.74, 6) is 0. The van der Waals surface area contributed by atoms with Crippen molar-refractivity contribution in [2.75, 3.05) is 19.8 Å². The van der Waals surface area contributed by atoms with Crippen LogP contribution in [-0.2, 0) is 10.0 Å². The van der Waals surface area contributed by atoms with Crippen molar-refractivity contribution in [3.8, 4) is 0 Å². The molecular formula is C14H23N3O3S. The summed E-state index contributed by atoms with van der Waals surface area (Å²) in [5, 5.41) is 2.57. The molecule has 0 atom stereocenters. The van der Waals surface area contributed by atoms with Gasteiger partial charge in [-0.05, 0) is 25.0 Å². The highest BCUT2D eigenvalue weighted by atomic mass is 32.2. The number of nitrogens with zero attached hydrogens (tertiary/aromatic N) is 1. The Morgan fingerprint density at radius 3 is 2.19 bits per heavy atom. The van der Waals surface area contributed by atoms with Crippen molar-refractivity contribution in [3.05, 3.63) is 30.3 Å². The molecule has 0 aliphatic carbocycles. The quantitative estimate of drug-likeness (QED) is 0.718. The lowest BCUT2D eigenvalue weighted by Crippen LogP contribution is -2.45. The predicted octanol–water partition coefficient (Wildman–Crippen LogP) is 1.75. The van der Waals surface area contributed by atoms with E-state index < -0.39 is 10.0 Å². The monoisotopic (exact) mass is 313 g/mol. The molecule has 1 aromatic rings. The summed E-state index contributed by atoms with van der Waals surface area (Å²) in [6.07, 6.45) is 1.73. The molecule has 0 aliphatic heterocycles. The van der Waals surface area contributed by atoms with Crippen LogP contribution in [-0.4, -0.2) is 39.1 Å². The fraction of sp³-hybridized carbons (Fsp3) is 0.500. The second-order valence-corrected chi connectivity index (χ2v) is 6.37. The Morgan fingerprint density at radius 2 is 1.67 bits per heavy atom. The Bertz CT molecular complexity index is 526. The summed E-state index contributed by atoms with van der Waals surface area (Å²) in [5.41, 5.74) is 0. The third-order valence-electron chi connectivity index (χ3n) is 2.83. The SMILES string of the molecule is CCCN(CCC)C(=O)NCNS(=O)(=O)c1ccccc1. The fourth-order valence-electron chi connectivity index (χ4n) is 1.86. The zero-order chi connectivity index (χ0) is 15.7. The number of hydrogen-bond donors (Lipinski definition) is 2. The summed E-state index contributed by atoms with van der Waals surface area (Å²) >= 11 is 0. The number of nitrogens with one attached hydrogen (secondary N) is 2. The molecule has 2 N–H and O–H groups in total. The van der Waals surface area contributed by atoms with Crippen LogP contribution in [0.4, 0.5) is 4.79 Å². The van der Waals surface area contributed by atoms with Gasteiger partial charge in [-0.1, -0.05) is 32.0 Å². The van der Waals surface area contributed by atoms with Crippen molar-refractivity contribution < 1.29 is 13.2 Å². The van der Waals surface area contributed by atoms with Gasteiger partial charge in [0.05, 0.1) is 11.6 Å². The molecule has 0 radical (unpaired) electrons. The van der Waals surface area contributed by atoms with E-state index in [9.17, 15) is 13.2 Å². The number of hydrogen-bond acceptors (Lipinski definition) is 3. The Hall–Kier alpha value is -1.60. The number of amides is 2. The highest BCUT2D eigenvalue weighted by molar-refractivity contribution is 7.89. The minimum atomic E-state index is -3.59. The van der Waals surface area contributed by atoms with Crippen molar-refractivity contribution in [2.24, 2.45) is 0 Å². The van der Waals surface area contributed by atoms with E-state index in [4.69, 9.17) is 0 Å². The van der Waals surface area contributed by atoms with Gasteiger partial charge < -0.3 is 10.2 Å². The number of carbonyl (C=O) groups is 1. The highest BCUT2D eigenvalue weighted by Gasteiger charge is 2.15. The average Bonchev–Trinajstić information content (AvgIpc) is 2.47.